The summed E-state index contributed by atoms with van der Waals surface area (Å²) in [6.45, 7) is 3.12. The normalized spacial score (nSPS) is 10.6. The van der Waals surface area contributed by atoms with Crippen molar-refractivity contribution in [2.75, 3.05) is 12.3 Å². The Morgan fingerprint density at radius 3 is 2.94 bits per heavy atom. The van der Waals surface area contributed by atoms with E-state index in [-0.39, 0.29) is 0 Å². The van der Waals surface area contributed by atoms with Crippen LogP contribution < -0.4 is 5.73 Å². The van der Waals surface area contributed by atoms with E-state index in [9.17, 15) is 0 Å². The van der Waals surface area contributed by atoms with Gasteiger partial charge >= 0.3 is 0 Å². The molecule has 84 valence electrons. The van der Waals surface area contributed by atoms with Crippen LogP contribution in [0.3, 0.4) is 0 Å². The third-order valence-corrected chi connectivity index (χ3v) is 2.33. The van der Waals surface area contributed by atoms with E-state index < -0.39 is 0 Å². The van der Waals surface area contributed by atoms with Crippen LogP contribution >= 0.6 is 0 Å². The van der Waals surface area contributed by atoms with Crippen molar-refractivity contribution in [2.45, 2.75) is 13.7 Å². The molecule has 2 N–H and O–H groups in total. The average molecular weight is 217 g/mol. The topological polar surface area (TPSA) is 53.1 Å². The van der Waals surface area contributed by atoms with E-state index in [4.69, 9.17) is 10.5 Å². The lowest BCUT2D eigenvalue weighted by atomic mass is 10.1. The molecule has 0 aliphatic carbocycles. The molecule has 1 aromatic heterocycles. The van der Waals surface area contributed by atoms with Crippen LogP contribution in [-0.2, 0) is 11.5 Å². The van der Waals surface area contributed by atoms with Gasteiger partial charge in [0.05, 0.1) is 6.20 Å². The maximum atomic E-state index is 5.89. The van der Waals surface area contributed by atoms with Gasteiger partial charge in [0.2, 0.25) is 0 Å². The van der Waals surface area contributed by atoms with Gasteiger partial charge in [-0.1, -0.05) is 18.2 Å². The van der Waals surface area contributed by atoms with Crippen molar-refractivity contribution < 1.29 is 4.74 Å². The minimum absolute atomic E-state index is 0.475. The number of para-hydroxylation sites is 1. The molecule has 1 heterocycles. The standard InChI is InChI=1S/C12H15N3O/c1-2-16-9-15-8-10(7-14-15)11-5-3-4-6-12(11)13/h3-8H,2,9,13H2,1H3. The van der Waals surface area contributed by atoms with Gasteiger partial charge in [-0.15, -0.1) is 0 Å². The summed E-state index contributed by atoms with van der Waals surface area (Å²) in [5.74, 6) is 0. The van der Waals surface area contributed by atoms with Gasteiger partial charge in [-0.3, -0.25) is 0 Å². The van der Waals surface area contributed by atoms with Crippen molar-refractivity contribution in [1.82, 2.24) is 9.78 Å². The lowest BCUT2D eigenvalue weighted by Crippen LogP contribution is -2.01. The molecule has 0 bridgehead atoms. The molecule has 0 saturated carbocycles. The summed E-state index contributed by atoms with van der Waals surface area (Å²) in [5.41, 5.74) is 8.67. The highest BCUT2D eigenvalue weighted by molar-refractivity contribution is 5.75. The maximum absolute atomic E-state index is 5.89. The highest BCUT2D eigenvalue weighted by Crippen LogP contribution is 2.24. The zero-order valence-corrected chi connectivity index (χ0v) is 9.26. The Kier molecular flexibility index (Phi) is 3.22. The second-order valence-electron chi connectivity index (χ2n) is 3.48. The van der Waals surface area contributed by atoms with E-state index in [1.165, 1.54) is 0 Å². The molecule has 4 nitrogen and oxygen atoms in total. The first-order valence-corrected chi connectivity index (χ1v) is 5.26. The number of ether oxygens (including phenoxy) is 1. The number of nitrogens with two attached hydrogens (primary N) is 1. The smallest absolute Gasteiger partial charge is 0.139 e. The lowest BCUT2D eigenvalue weighted by molar-refractivity contribution is 0.0792. The molecule has 0 atom stereocenters. The minimum Gasteiger partial charge on any atom is -0.398 e. The number of rotatable bonds is 4. The fourth-order valence-electron chi connectivity index (χ4n) is 1.52. The molecule has 0 aliphatic heterocycles. The Balaban J connectivity index is 2.22. The van der Waals surface area contributed by atoms with E-state index in [1.54, 1.807) is 10.9 Å². The van der Waals surface area contributed by atoms with Gasteiger partial charge in [0.25, 0.3) is 0 Å². The van der Waals surface area contributed by atoms with Gasteiger partial charge in [-0.25, -0.2) is 4.68 Å². The molecule has 2 aromatic rings. The van der Waals surface area contributed by atoms with Crippen LogP contribution in [0.25, 0.3) is 11.1 Å². The van der Waals surface area contributed by atoms with Crippen molar-refractivity contribution >= 4 is 5.69 Å². The summed E-state index contributed by atoms with van der Waals surface area (Å²) in [5, 5.41) is 4.21. The zero-order chi connectivity index (χ0) is 11.4. The van der Waals surface area contributed by atoms with E-state index in [0.29, 0.717) is 13.3 Å². The van der Waals surface area contributed by atoms with Gasteiger partial charge in [-0.2, -0.15) is 5.10 Å². The number of benzene rings is 1. The van der Waals surface area contributed by atoms with Gasteiger partial charge in [0.1, 0.15) is 6.73 Å². The predicted molar refractivity (Wildman–Crippen MR) is 63.7 cm³/mol. The number of aromatic nitrogens is 2. The minimum atomic E-state index is 0.475. The Hall–Kier alpha value is -1.81. The van der Waals surface area contributed by atoms with Crippen molar-refractivity contribution in [1.29, 1.82) is 0 Å². The van der Waals surface area contributed by atoms with Crippen LogP contribution in [0.1, 0.15) is 6.92 Å². The molecule has 16 heavy (non-hydrogen) atoms. The Morgan fingerprint density at radius 2 is 2.19 bits per heavy atom. The number of anilines is 1. The molecule has 1 aromatic carbocycles. The third-order valence-electron chi connectivity index (χ3n) is 2.33. The average Bonchev–Trinajstić information content (AvgIpc) is 2.75. The van der Waals surface area contributed by atoms with Crippen LogP contribution in [0.15, 0.2) is 36.7 Å². The van der Waals surface area contributed by atoms with E-state index >= 15 is 0 Å². The molecule has 4 heteroatoms. The fraction of sp³-hybridized carbons (Fsp3) is 0.250. The lowest BCUT2D eigenvalue weighted by Gasteiger charge is -2.02. The summed E-state index contributed by atoms with van der Waals surface area (Å²) >= 11 is 0. The summed E-state index contributed by atoms with van der Waals surface area (Å²) < 4.78 is 7.02. The maximum Gasteiger partial charge on any atom is 0.139 e. The number of nitrogens with zero attached hydrogens (tertiary/aromatic N) is 2. The monoisotopic (exact) mass is 217 g/mol. The second-order valence-corrected chi connectivity index (χ2v) is 3.48. The van der Waals surface area contributed by atoms with Crippen LogP contribution in [0, 0.1) is 0 Å². The quantitative estimate of drug-likeness (QED) is 0.798. The number of hydrogen-bond acceptors (Lipinski definition) is 3. The number of nitrogen functional groups attached to an aromatic ring is 1. The Morgan fingerprint density at radius 1 is 1.38 bits per heavy atom. The second kappa shape index (κ2) is 4.81. The Bertz CT molecular complexity index is 465. The molecule has 0 spiro atoms. The highest BCUT2D eigenvalue weighted by Gasteiger charge is 2.04. The summed E-state index contributed by atoms with van der Waals surface area (Å²) in [6, 6.07) is 7.75. The third kappa shape index (κ3) is 2.23. The van der Waals surface area contributed by atoms with Gasteiger partial charge in [0, 0.05) is 29.6 Å². The first-order chi connectivity index (χ1) is 7.81. The van der Waals surface area contributed by atoms with Crippen LogP contribution in [0.4, 0.5) is 5.69 Å². The molecule has 0 fully saturated rings. The first kappa shape index (κ1) is 10.7. The van der Waals surface area contributed by atoms with Crippen LogP contribution in [0.5, 0.6) is 0 Å². The molecule has 0 saturated heterocycles. The summed E-state index contributed by atoms with van der Waals surface area (Å²) in [4.78, 5) is 0. The van der Waals surface area contributed by atoms with Gasteiger partial charge < -0.3 is 10.5 Å². The Labute approximate surface area is 94.6 Å². The van der Waals surface area contributed by atoms with Gasteiger partial charge in [-0.05, 0) is 13.0 Å². The number of hydrogen-bond donors (Lipinski definition) is 1. The highest BCUT2D eigenvalue weighted by atomic mass is 16.5. The fourth-order valence-corrected chi connectivity index (χ4v) is 1.52. The van der Waals surface area contributed by atoms with E-state index in [2.05, 4.69) is 5.10 Å². The first-order valence-electron chi connectivity index (χ1n) is 5.26. The van der Waals surface area contributed by atoms with E-state index in [1.807, 2.05) is 37.4 Å². The van der Waals surface area contributed by atoms with Crippen LogP contribution in [0.2, 0.25) is 0 Å². The molecular formula is C12H15N3O. The molecule has 0 radical (unpaired) electrons. The molecule has 0 aliphatic rings. The molecule has 2 rings (SSSR count). The van der Waals surface area contributed by atoms with Crippen molar-refractivity contribution in [3.63, 3.8) is 0 Å². The predicted octanol–water partition coefficient (Wildman–Crippen LogP) is 2.13. The molecule has 0 amide bonds. The summed E-state index contributed by atoms with van der Waals surface area (Å²) in [6.07, 6.45) is 3.73. The largest absolute Gasteiger partial charge is 0.398 e. The SMILES string of the molecule is CCOCn1cc(-c2ccccc2N)cn1. The van der Waals surface area contributed by atoms with Crippen molar-refractivity contribution in [3.8, 4) is 11.1 Å². The van der Waals surface area contributed by atoms with Crippen LogP contribution in [-0.4, -0.2) is 16.4 Å². The summed E-state index contributed by atoms with van der Waals surface area (Å²) in [7, 11) is 0. The van der Waals surface area contributed by atoms with Crippen molar-refractivity contribution in [2.24, 2.45) is 0 Å². The molecule has 0 unspecified atom stereocenters. The van der Waals surface area contributed by atoms with Crippen molar-refractivity contribution in [3.05, 3.63) is 36.7 Å². The van der Waals surface area contributed by atoms with E-state index in [0.717, 1.165) is 16.8 Å². The van der Waals surface area contributed by atoms with Gasteiger partial charge in [0.15, 0.2) is 0 Å². The molecular weight excluding hydrogens is 202 g/mol. The zero-order valence-electron chi connectivity index (χ0n) is 9.26.